The average molecular weight is 448 g/mol. The molecule has 156 valence electrons. The van der Waals surface area contributed by atoms with Gasteiger partial charge in [0.25, 0.3) is 0 Å². The Morgan fingerprint density at radius 2 is 1.70 bits per heavy atom. The predicted molar refractivity (Wildman–Crippen MR) is 121 cm³/mol. The van der Waals surface area contributed by atoms with E-state index in [0.29, 0.717) is 33.7 Å². The van der Waals surface area contributed by atoms with Crippen LogP contribution in [0.3, 0.4) is 0 Å². The summed E-state index contributed by atoms with van der Waals surface area (Å²) in [5.74, 6) is 0.0707. The van der Waals surface area contributed by atoms with E-state index < -0.39 is 10.0 Å². The number of methoxy groups -OCH3 is 1. The molecule has 0 unspecified atom stereocenters. The van der Waals surface area contributed by atoms with Gasteiger partial charge in [-0.15, -0.1) is 12.4 Å². The van der Waals surface area contributed by atoms with Crippen molar-refractivity contribution in [3.05, 3.63) is 66.5 Å². The summed E-state index contributed by atoms with van der Waals surface area (Å²) in [6.45, 7) is 0. The minimum absolute atomic E-state index is 0. The molecule has 0 spiro atoms. The van der Waals surface area contributed by atoms with Crippen molar-refractivity contribution in [3.63, 3.8) is 0 Å². The van der Waals surface area contributed by atoms with Crippen molar-refractivity contribution >= 4 is 61.3 Å². The molecule has 0 saturated heterocycles. The monoisotopic (exact) mass is 447 g/mol. The Hall–Kier alpha value is -3.10. The molecule has 0 bridgehead atoms. The number of anilines is 3. The van der Waals surface area contributed by atoms with Crippen molar-refractivity contribution in [2.75, 3.05) is 23.4 Å². The van der Waals surface area contributed by atoms with E-state index in [4.69, 9.17) is 4.74 Å². The number of ether oxygens (including phenoxy) is 1. The lowest BCUT2D eigenvalue weighted by atomic mass is 10.1. The molecule has 9 heteroatoms. The molecule has 4 rings (SSSR count). The first-order valence-electron chi connectivity index (χ1n) is 8.75. The molecule has 3 aromatic carbocycles. The second kappa shape index (κ2) is 8.33. The smallest absolute Gasteiger partial charge is 0.229 e. The molecule has 0 aliphatic heterocycles. The molecule has 6 nitrogen and oxygen atoms in total. The van der Waals surface area contributed by atoms with Gasteiger partial charge < -0.3 is 10.1 Å². The van der Waals surface area contributed by atoms with Crippen LogP contribution in [0.5, 0.6) is 5.75 Å². The van der Waals surface area contributed by atoms with E-state index in [1.165, 1.54) is 19.2 Å². The van der Waals surface area contributed by atoms with Crippen molar-refractivity contribution in [2.24, 2.45) is 0 Å². The third-order valence-corrected chi connectivity index (χ3v) is 5.01. The summed E-state index contributed by atoms with van der Waals surface area (Å²) in [6, 6.07) is 16.9. The average Bonchev–Trinajstić information content (AvgIpc) is 2.68. The van der Waals surface area contributed by atoms with Crippen LogP contribution in [0.1, 0.15) is 0 Å². The molecular formula is C21H19ClFN3O3S. The maximum Gasteiger partial charge on any atom is 0.229 e. The molecule has 0 amide bonds. The van der Waals surface area contributed by atoms with Crippen molar-refractivity contribution in [2.45, 2.75) is 0 Å². The van der Waals surface area contributed by atoms with Crippen LogP contribution in [0, 0.1) is 5.82 Å². The van der Waals surface area contributed by atoms with Gasteiger partial charge in [0.05, 0.1) is 41.5 Å². The van der Waals surface area contributed by atoms with Gasteiger partial charge in [-0.3, -0.25) is 4.72 Å². The third-order valence-electron chi connectivity index (χ3n) is 4.41. The SMILES string of the molecule is COc1cc(NS(C)(=O)=O)ccc1Nc1c2ccccc2nc2ccc(F)cc12.Cl. The van der Waals surface area contributed by atoms with Gasteiger partial charge in [-0.2, -0.15) is 0 Å². The van der Waals surface area contributed by atoms with E-state index in [1.807, 2.05) is 24.3 Å². The van der Waals surface area contributed by atoms with E-state index in [2.05, 4.69) is 15.0 Å². The van der Waals surface area contributed by atoms with Crippen LogP contribution >= 0.6 is 12.4 Å². The number of para-hydroxylation sites is 1. The lowest BCUT2D eigenvalue weighted by molar-refractivity contribution is 0.417. The molecule has 0 aliphatic rings. The fraction of sp³-hybridized carbons (Fsp3) is 0.0952. The first kappa shape index (κ1) is 21.6. The Kier molecular flexibility index (Phi) is 6.00. The number of rotatable bonds is 5. The summed E-state index contributed by atoms with van der Waals surface area (Å²) < 4.78 is 44.8. The van der Waals surface area contributed by atoms with Crippen molar-refractivity contribution in [1.29, 1.82) is 0 Å². The zero-order valence-electron chi connectivity index (χ0n) is 16.1. The second-order valence-corrected chi connectivity index (χ2v) is 8.33. The first-order valence-corrected chi connectivity index (χ1v) is 10.6. The lowest BCUT2D eigenvalue weighted by Crippen LogP contribution is -2.09. The van der Waals surface area contributed by atoms with Gasteiger partial charge in [0, 0.05) is 16.8 Å². The number of nitrogens with zero attached hydrogens (tertiary/aromatic N) is 1. The van der Waals surface area contributed by atoms with Gasteiger partial charge in [0.2, 0.25) is 10.0 Å². The van der Waals surface area contributed by atoms with E-state index >= 15 is 0 Å². The van der Waals surface area contributed by atoms with Crippen LogP contribution in [0.25, 0.3) is 21.8 Å². The maximum atomic E-state index is 14.0. The molecule has 4 aromatic rings. The third kappa shape index (κ3) is 4.39. The normalized spacial score (nSPS) is 11.2. The summed E-state index contributed by atoms with van der Waals surface area (Å²) in [6.07, 6.45) is 1.08. The van der Waals surface area contributed by atoms with E-state index in [1.54, 1.807) is 24.3 Å². The number of fused-ring (bicyclic) bond motifs is 2. The molecule has 0 atom stereocenters. The fourth-order valence-electron chi connectivity index (χ4n) is 3.20. The molecule has 0 fully saturated rings. The fourth-order valence-corrected chi connectivity index (χ4v) is 3.76. The molecule has 1 aromatic heterocycles. The van der Waals surface area contributed by atoms with Gasteiger partial charge in [0.15, 0.2) is 0 Å². The minimum atomic E-state index is -3.41. The van der Waals surface area contributed by atoms with Gasteiger partial charge in [-0.05, 0) is 36.4 Å². The van der Waals surface area contributed by atoms with Crippen LogP contribution < -0.4 is 14.8 Å². The minimum Gasteiger partial charge on any atom is -0.494 e. The lowest BCUT2D eigenvalue weighted by Gasteiger charge is -2.16. The summed E-state index contributed by atoms with van der Waals surface area (Å²) in [4.78, 5) is 4.60. The van der Waals surface area contributed by atoms with Gasteiger partial charge in [0.1, 0.15) is 11.6 Å². The number of hydrogen-bond acceptors (Lipinski definition) is 5. The zero-order chi connectivity index (χ0) is 20.6. The molecule has 2 N–H and O–H groups in total. The Morgan fingerprint density at radius 3 is 2.43 bits per heavy atom. The first-order chi connectivity index (χ1) is 13.8. The van der Waals surface area contributed by atoms with Crippen molar-refractivity contribution in [3.8, 4) is 5.75 Å². The quantitative estimate of drug-likeness (QED) is 0.417. The second-order valence-electron chi connectivity index (χ2n) is 6.58. The number of hydrogen-bond donors (Lipinski definition) is 2. The van der Waals surface area contributed by atoms with Gasteiger partial charge in [-0.1, -0.05) is 18.2 Å². The number of benzene rings is 3. The molecule has 0 radical (unpaired) electrons. The Labute approximate surface area is 179 Å². The van der Waals surface area contributed by atoms with Crippen molar-refractivity contribution in [1.82, 2.24) is 4.98 Å². The largest absolute Gasteiger partial charge is 0.494 e. The van der Waals surface area contributed by atoms with Gasteiger partial charge >= 0.3 is 0 Å². The summed E-state index contributed by atoms with van der Waals surface area (Å²) >= 11 is 0. The van der Waals surface area contributed by atoms with Gasteiger partial charge in [-0.25, -0.2) is 17.8 Å². The Bertz CT molecular complexity index is 1350. The Balaban J connectivity index is 0.00000256. The van der Waals surface area contributed by atoms with Crippen LogP contribution in [0.15, 0.2) is 60.7 Å². The zero-order valence-corrected chi connectivity index (χ0v) is 17.8. The van der Waals surface area contributed by atoms with E-state index in [0.717, 1.165) is 17.2 Å². The summed E-state index contributed by atoms with van der Waals surface area (Å²) in [7, 11) is -1.92. The maximum absolute atomic E-state index is 14.0. The predicted octanol–water partition coefficient (Wildman–Crippen LogP) is 5.07. The van der Waals surface area contributed by atoms with Crippen molar-refractivity contribution < 1.29 is 17.5 Å². The van der Waals surface area contributed by atoms with Crippen LogP contribution in [0.4, 0.5) is 21.5 Å². The number of sulfonamides is 1. The highest BCUT2D eigenvalue weighted by Gasteiger charge is 2.13. The molecule has 1 heterocycles. The van der Waals surface area contributed by atoms with Crippen LogP contribution in [-0.4, -0.2) is 26.8 Å². The molecule has 0 saturated carbocycles. The summed E-state index contributed by atoms with van der Waals surface area (Å²) in [5.41, 5.74) is 3.09. The van der Waals surface area contributed by atoms with E-state index in [-0.39, 0.29) is 18.2 Å². The standard InChI is InChI=1S/C21H18FN3O3S.ClH/c1-28-20-12-14(25-29(2,26)27)8-10-19(20)24-21-15-5-3-4-6-17(15)23-18-9-7-13(22)11-16(18)21;/h3-12,25H,1-2H3,(H,23,24);1H. The molecule has 0 aliphatic carbocycles. The highest BCUT2D eigenvalue weighted by molar-refractivity contribution is 7.92. The highest BCUT2D eigenvalue weighted by Crippen LogP contribution is 2.37. The number of halogens is 2. The number of nitrogens with one attached hydrogen (secondary N) is 2. The number of pyridine rings is 1. The number of aromatic nitrogens is 1. The topological polar surface area (TPSA) is 80.3 Å². The summed E-state index contributed by atoms with van der Waals surface area (Å²) in [5, 5.41) is 4.77. The molecular weight excluding hydrogens is 429 g/mol. The Morgan fingerprint density at radius 1 is 0.967 bits per heavy atom. The molecule has 30 heavy (non-hydrogen) atoms. The highest BCUT2D eigenvalue weighted by atomic mass is 35.5. The van der Waals surface area contributed by atoms with Crippen LogP contribution in [0.2, 0.25) is 0 Å². The van der Waals surface area contributed by atoms with E-state index in [9.17, 15) is 12.8 Å². The van der Waals surface area contributed by atoms with Crippen LogP contribution in [-0.2, 0) is 10.0 Å².